The summed E-state index contributed by atoms with van der Waals surface area (Å²) in [6, 6.07) is 19.5. The molecule has 0 bridgehead atoms. The molecule has 7 nitrogen and oxygen atoms in total. The monoisotopic (exact) mass is 449 g/mol. The van der Waals surface area contributed by atoms with Gasteiger partial charge in [0.15, 0.2) is 6.10 Å². The molecule has 2 N–H and O–H groups in total. The maximum absolute atomic E-state index is 12.6. The van der Waals surface area contributed by atoms with Crippen LogP contribution >= 0.6 is 11.6 Å². The first-order valence-electron chi connectivity index (χ1n) is 9.85. The van der Waals surface area contributed by atoms with Crippen molar-refractivity contribution in [3.05, 3.63) is 77.3 Å². The zero-order chi connectivity index (χ0) is 22.7. The molecule has 4 aromatic rings. The molecule has 0 aliphatic rings. The first-order chi connectivity index (χ1) is 15.4. The molecule has 1 amide bonds. The molecule has 8 heteroatoms. The first-order valence-corrected chi connectivity index (χ1v) is 10.2. The third kappa shape index (κ3) is 4.58. The molecule has 0 aliphatic heterocycles. The Morgan fingerprint density at radius 1 is 1.06 bits per heavy atom. The Labute approximate surface area is 189 Å². The van der Waals surface area contributed by atoms with Gasteiger partial charge in [0.2, 0.25) is 0 Å². The van der Waals surface area contributed by atoms with E-state index in [4.69, 9.17) is 21.1 Å². The number of esters is 1. The second-order valence-electron chi connectivity index (χ2n) is 7.06. The highest BCUT2D eigenvalue weighted by Gasteiger charge is 2.21. The maximum atomic E-state index is 12.6. The van der Waals surface area contributed by atoms with Gasteiger partial charge >= 0.3 is 5.97 Å². The van der Waals surface area contributed by atoms with Crippen molar-refractivity contribution in [2.45, 2.75) is 13.0 Å². The molecule has 0 radical (unpaired) electrons. The van der Waals surface area contributed by atoms with Crippen molar-refractivity contribution in [2.75, 3.05) is 12.4 Å². The van der Waals surface area contributed by atoms with Crippen LogP contribution in [0.4, 0.5) is 5.69 Å². The summed E-state index contributed by atoms with van der Waals surface area (Å²) in [6.45, 7) is 1.49. The number of halogens is 1. The van der Waals surface area contributed by atoms with Crippen LogP contribution in [0.25, 0.3) is 22.4 Å². The van der Waals surface area contributed by atoms with E-state index in [1.165, 1.54) is 14.0 Å². The first kappa shape index (κ1) is 21.4. The summed E-state index contributed by atoms with van der Waals surface area (Å²) >= 11 is 5.99. The Morgan fingerprint density at radius 3 is 2.59 bits per heavy atom. The maximum Gasteiger partial charge on any atom is 0.338 e. The topological polar surface area (TPSA) is 93.3 Å². The number of hydrogen-bond donors (Lipinski definition) is 2. The number of amides is 1. The van der Waals surface area contributed by atoms with Crippen LogP contribution < -0.4 is 10.1 Å². The number of aromatic nitrogens is 2. The van der Waals surface area contributed by atoms with Crippen LogP contribution in [0, 0.1) is 0 Å². The number of nitrogens with zero attached hydrogens (tertiary/aromatic N) is 1. The molecule has 32 heavy (non-hydrogen) atoms. The Balaban J connectivity index is 1.47. The van der Waals surface area contributed by atoms with Gasteiger partial charge in [-0.15, -0.1) is 0 Å². The van der Waals surface area contributed by atoms with Gasteiger partial charge in [-0.25, -0.2) is 9.78 Å². The van der Waals surface area contributed by atoms with Crippen molar-refractivity contribution in [1.29, 1.82) is 0 Å². The minimum atomic E-state index is -1.04. The SMILES string of the molecule is COc1ccc(Cl)cc1NC(=O)C(C)OC(=O)c1ccc2nc(-c3ccccc3)[nH]c2c1. The molecule has 162 valence electrons. The van der Waals surface area contributed by atoms with Crippen LogP contribution in [-0.4, -0.2) is 35.1 Å². The van der Waals surface area contributed by atoms with E-state index < -0.39 is 18.0 Å². The third-order valence-electron chi connectivity index (χ3n) is 4.84. The van der Waals surface area contributed by atoms with Crippen LogP contribution in [0.5, 0.6) is 5.75 Å². The number of fused-ring (bicyclic) bond motifs is 1. The number of H-pyrrole nitrogens is 1. The number of hydrogen-bond acceptors (Lipinski definition) is 5. The number of imidazole rings is 1. The lowest BCUT2D eigenvalue weighted by molar-refractivity contribution is -0.123. The predicted molar refractivity (Wildman–Crippen MR) is 123 cm³/mol. The van der Waals surface area contributed by atoms with Gasteiger partial charge in [0.1, 0.15) is 11.6 Å². The number of benzene rings is 3. The van der Waals surface area contributed by atoms with Gasteiger partial charge in [-0.2, -0.15) is 0 Å². The number of ether oxygens (including phenoxy) is 2. The molecule has 0 saturated carbocycles. The van der Waals surface area contributed by atoms with E-state index in [1.54, 1.807) is 36.4 Å². The lowest BCUT2D eigenvalue weighted by Crippen LogP contribution is -2.30. The fourth-order valence-electron chi connectivity index (χ4n) is 3.16. The number of aromatic amines is 1. The lowest BCUT2D eigenvalue weighted by atomic mass is 10.2. The van der Waals surface area contributed by atoms with Gasteiger partial charge in [-0.05, 0) is 43.3 Å². The van der Waals surface area contributed by atoms with Crippen LogP contribution in [0.3, 0.4) is 0 Å². The number of methoxy groups -OCH3 is 1. The summed E-state index contributed by atoms with van der Waals surface area (Å²) in [5, 5.41) is 3.11. The Kier molecular flexibility index (Phi) is 6.09. The second-order valence-corrected chi connectivity index (χ2v) is 7.50. The van der Waals surface area contributed by atoms with E-state index in [9.17, 15) is 9.59 Å². The van der Waals surface area contributed by atoms with Crippen LogP contribution in [0.1, 0.15) is 17.3 Å². The van der Waals surface area contributed by atoms with E-state index in [1.807, 2.05) is 30.3 Å². The fourth-order valence-corrected chi connectivity index (χ4v) is 3.34. The molecule has 1 atom stereocenters. The van der Waals surface area contributed by atoms with Gasteiger partial charge in [0.25, 0.3) is 5.91 Å². The number of carbonyl (C=O) groups excluding carboxylic acids is 2. The molecular weight excluding hydrogens is 430 g/mol. The zero-order valence-electron chi connectivity index (χ0n) is 17.4. The zero-order valence-corrected chi connectivity index (χ0v) is 18.1. The van der Waals surface area contributed by atoms with Gasteiger partial charge in [-0.1, -0.05) is 41.9 Å². The number of anilines is 1. The van der Waals surface area contributed by atoms with Crippen LogP contribution in [0.15, 0.2) is 66.7 Å². The van der Waals surface area contributed by atoms with Crippen molar-refractivity contribution in [3.8, 4) is 17.1 Å². The van der Waals surface area contributed by atoms with Gasteiger partial charge in [0.05, 0.1) is 29.4 Å². The quantitative estimate of drug-likeness (QED) is 0.400. The summed E-state index contributed by atoms with van der Waals surface area (Å²) in [6.07, 6.45) is -1.04. The van der Waals surface area contributed by atoms with Crippen molar-refractivity contribution in [3.63, 3.8) is 0 Å². The molecule has 0 aliphatic carbocycles. The van der Waals surface area contributed by atoms with E-state index in [0.717, 1.165) is 11.1 Å². The highest BCUT2D eigenvalue weighted by molar-refractivity contribution is 6.31. The smallest absolute Gasteiger partial charge is 0.338 e. The number of nitrogens with one attached hydrogen (secondary N) is 2. The average molecular weight is 450 g/mol. The van der Waals surface area contributed by atoms with E-state index in [0.29, 0.717) is 33.4 Å². The molecule has 0 spiro atoms. The Hall–Kier alpha value is -3.84. The van der Waals surface area contributed by atoms with Gasteiger partial charge in [0, 0.05) is 10.6 Å². The molecule has 4 rings (SSSR count). The fraction of sp³-hybridized carbons (Fsp3) is 0.125. The van der Waals surface area contributed by atoms with Crippen LogP contribution in [0.2, 0.25) is 5.02 Å². The standard InChI is InChI=1S/C24H20ClN3O4/c1-14(23(29)28-20-13-17(25)9-11-21(20)31-2)32-24(30)16-8-10-18-19(12-16)27-22(26-18)15-6-4-3-5-7-15/h3-14H,1-2H3,(H,26,27)(H,28,29). The van der Waals surface area contributed by atoms with Crippen molar-refractivity contribution in [2.24, 2.45) is 0 Å². The summed E-state index contributed by atoms with van der Waals surface area (Å²) in [4.78, 5) is 32.9. The lowest BCUT2D eigenvalue weighted by Gasteiger charge is -2.15. The molecule has 1 unspecified atom stereocenters. The minimum Gasteiger partial charge on any atom is -0.495 e. The highest BCUT2D eigenvalue weighted by Crippen LogP contribution is 2.28. The van der Waals surface area contributed by atoms with E-state index >= 15 is 0 Å². The molecule has 1 heterocycles. The minimum absolute atomic E-state index is 0.306. The molecule has 3 aromatic carbocycles. The molecule has 0 fully saturated rings. The molecule has 1 aromatic heterocycles. The number of rotatable bonds is 6. The summed E-state index contributed by atoms with van der Waals surface area (Å²) in [5.41, 5.74) is 3.05. The van der Waals surface area contributed by atoms with Gasteiger partial charge in [-0.3, -0.25) is 4.79 Å². The van der Waals surface area contributed by atoms with Crippen molar-refractivity contribution < 1.29 is 19.1 Å². The van der Waals surface area contributed by atoms with Crippen molar-refractivity contribution >= 4 is 40.2 Å². The predicted octanol–water partition coefficient (Wildman–Crippen LogP) is 5.08. The summed E-state index contributed by atoms with van der Waals surface area (Å²) in [7, 11) is 1.48. The van der Waals surface area contributed by atoms with E-state index in [-0.39, 0.29) is 0 Å². The largest absolute Gasteiger partial charge is 0.495 e. The van der Waals surface area contributed by atoms with Gasteiger partial charge < -0.3 is 19.8 Å². The Morgan fingerprint density at radius 2 is 1.84 bits per heavy atom. The number of carbonyl (C=O) groups is 2. The Bertz CT molecular complexity index is 1290. The average Bonchev–Trinajstić information content (AvgIpc) is 3.23. The summed E-state index contributed by atoms with van der Waals surface area (Å²) < 4.78 is 10.6. The third-order valence-corrected chi connectivity index (χ3v) is 5.07. The molecular formula is C24H20ClN3O4. The molecule has 0 saturated heterocycles. The second kappa shape index (κ2) is 9.11. The van der Waals surface area contributed by atoms with Crippen LogP contribution in [-0.2, 0) is 9.53 Å². The highest BCUT2D eigenvalue weighted by atomic mass is 35.5. The van der Waals surface area contributed by atoms with Crippen molar-refractivity contribution in [1.82, 2.24) is 9.97 Å². The normalized spacial score (nSPS) is 11.7. The van der Waals surface area contributed by atoms with E-state index in [2.05, 4.69) is 15.3 Å². The summed E-state index contributed by atoms with van der Waals surface area (Å²) in [5.74, 6) is 0.0193.